The Morgan fingerprint density at radius 2 is 1.82 bits per heavy atom. The van der Waals surface area contributed by atoms with Crippen molar-refractivity contribution >= 4 is 17.4 Å². The molecule has 0 bridgehead atoms. The molecule has 4 nitrogen and oxygen atoms in total. The standard InChI is InChI=1S/C28H32N2O2S/c1-4-6-22(20-32-25-7-5-8-26(17-25)33-3)15-16-30-28-18-24(31-2)13-14-27(28)23-11-9-21(19-29)10-12-23/h5,7-14,17-18,22,30H,4,6,15-16,20H2,1-3H3. The highest BCUT2D eigenvalue weighted by Crippen LogP contribution is 2.32. The molecule has 0 aromatic heterocycles. The summed E-state index contributed by atoms with van der Waals surface area (Å²) in [5.41, 5.74) is 3.86. The van der Waals surface area contributed by atoms with Crippen molar-refractivity contribution in [2.75, 3.05) is 31.8 Å². The molecule has 0 aliphatic rings. The molecule has 0 aliphatic heterocycles. The zero-order chi connectivity index (χ0) is 23.5. The van der Waals surface area contributed by atoms with E-state index >= 15 is 0 Å². The van der Waals surface area contributed by atoms with Crippen LogP contribution in [0.1, 0.15) is 31.7 Å². The van der Waals surface area contributed by atoms with Crippen LogP contribution in [0.5, 0.6) is 11.5 Å². The lowest BCUT2D eigenvalue weighted by atomic mass is 9.99. The average Bonchev–Trinajstić information content (AvgIpc) is 2.87. The SMILES string of the molecule is CCCC(CCNc1cc(OC)ccc1-c1ccc(C#N)cc1)COc1cccc(SC)c1. The number of benzene rings is 3. The first-order valence-electron chi connectivity index (χ1n) is 11.4. The lowest BCUT2D eigenvalue weighted by Gasteiger charge is -2.19. The number of hydrogen-bond acceptors (Lipinski definition) is 5. The zero-order valence-corrected chi connectivity index (χ0v) is 20.5. The van der Waals surface area contributed by atoms with Gasteiger partial charge in [0.05, 0.1) is 25.3 Å². The Bertz CT molecular complexity index is 1060. The van der Waals surface area contributed by atoms with Gasteiger partial charge >= 0.3 is 0 Å². The van der Waals surface area contributed by atoms with E-state index in [1.807, 2.05) is 48.5 Å². The third kappa shape index (κ3) is 7.20. The van der Waals surface area contributed by atoms with E-state index in [1.54, 1.807) is 18.9 Å². The molecule has 0 fully saturated rings. The van der Waals surface area contributed by atoms with Gasteiger partial charge < -0.3 is 14.8 Å². The molecule has 172 valence electrons. The zero-order valence-electron chi connectivity index (χ0n) is 19.6. The maximum Gasteiger partial charge on any atom is 0.120 e. The van der Waals surface area contributed by atoms with Gasteiger partial charge in [0.2, 0.25) is 0 Å². The van der Waals surface area contributed by atoms with E-state index in [2.05, 4.69) is 42.8 Å². The Labute approximate surface area is 201 Å². The van der Waals surface area contributed by atoms with Crippen LogP contribution in [0.4, 0.5) is 5.69 Å². The van der Waals surface area contributed by atoms with Crippen molar-refractivity contribution < 1.29 is 9.47 Å². The Kier molecular flexibility index (Phi) is 9.53. The van der Waals surface area contributed by atoms with Crippen molar-refractivity contribution in [2.24, 2.45) is 5.92 Å². The molecule has 1 unspecified atom stereocenters. The Morgan fingerprint density at radius 3 is 2.52 bits per heavy atom. The number of thioether (sulfide) groups is 1. The molecule has 0 saturated heterocycles. The first kappa shape index (κ1) is 24.5. The number of nitrogens with one attached hydrogen (secondary N) is 1. The van der Waals surface area contributed by atoms with Crippen molar-refractivity contribution in [3.05, 3.63) is 72.3 Å². The maximum absolute atomic E-state index is 9.09. The van der Waals surface area contributed by atoms with Gasteiger partial charge in [0.15, 0.2) is 0 Å². The topological polar surface area (TPSA) is 54.3 Å². The molecular formula is C28H32N2O2S. The molecule has 0 heterocycles. The molecule has 33 heavy (non-hydrogen) atoms. The minimum atomic E-state index is 0.476. The quantitative estimate of drug-likeness (QED) is 0.288. The smallest absolute Gasteiger partial charge is 0.120 e. The monoisotopic (exact) mass is 460 g/mol. The number of nitrogens with zero attached hydrogens (tertiary/aromatic N) is 1. The van der Waals surface area contributed by atoms with E-state index in [1.165, 1.54) is 4.90 Å². The van der Waals surface area contributed by atoms with E-state index in [0.29, 0.717) is 18.1 Å². The summed E-state index contributed by atoms with van der Waals surface area (Å²) in [4.78, 5) is 1.22. The van der Waals surface area contributed by atoms with Gasteiger partial charge in [-0.25, -0.2) is 0 Å². The fraction of sp³-hybridized carbons (Fsp3) is 0.321. The van der Waals surface area contributed by atoms with E-state index in [-0.39, 0.29) is 0 Å². The second-order valence-corrected chi connectivity index (χ2v) is 8.84. The molecule has 0 aliphatic carbocycles. The van der Waals surface area contributed by atoms with Crippen molar-refractivity contribution in [1.29, 1.82) is 5.26 Å². The Morgan fingerprint density at radius 1 is 1.00 bits per heavy atom. The third-order valence-corrected chi connectivity index (χ3v) is 6.37. The van der Waals surface area contributed by atoms with Gasteiger partial charge in [0.1, 0.15) is 11.5 Å². The molecule has 0 spiro atoms. The van der Waals surface area contributed by atoms with Gasteiger partial charge in [-0.2, -0.15) is 5.26 Å². The Hall–Kier alpha value is -3.10. The number of rotatable bonds is 12. The third-order valence-electron chi connectivity index (χ3n) is 5.64. The summed E-state index contributed by atoms with van der Waals surface area (Å²) in [5, 5.41) is 12.7. The molecule has 3 rings (SSSR count). The fourth-order valence-electron chi connectivity index (χ4n) is 3.81. The maximum atomic E-state index is 9.09. The van der Waals surface area contributed by atoms with Crippen LogP contribution in [0, 0.1) is 17.2 Å². The molecule has 0 amide bonds. The molecule has 1 N–H and O–H groups in total. The highest BCUT2D eigenvalue weighted by atomic mass is 32.2. The van der Waals surface area contributed by atoms with E-state index < -0.39 is 0 Å². The van der Waals surface area contributed by atoms with Gasteiger partial charge in [-0.05, 0) is 73.0 Å². The molecule has 3 aromatic rings. The minimum Gasteiger partial charge on any atom is -0.497 e. The van der Waals surface area contributed by atoms with Crippen LogP contribution in [0.25, 0.3) is 11.1 Å². The van der Waals surface area contributed by atoms with Crippen LogP contribution in [-0.4, -0.2) is 26.5 Å². The van der Waals surface area contributed by atoms with Crippen molar-refractivity contribution in [1.82, 2.24) is 0 Å². The normalized spacial score (nSPS) is 11.5. The first-order valence-corrected chi connectivity index (χ1v) is 12.6. The second-order valence-electron chi connectivity index (χ2n) is 7.96. The molecule has 1 atom stereocenters. The van der Waals surface area contributed by atoms with Gasteiger partial charge in [-0.1, -0.05) is 31.5 Å². The van der Waals surface area contributed by atoms with Gasteiger partial charge in [-0.3, -0.25) is 0 Å². The molecule has 0 saturated carbocycles. The summed E-state index contributed by atoms with van der Waals surface area (Å²) in [6.07, 6.45) is 5.36. The van der Waals surface area contributed by atoms with Crippen LogP contribution in [0.2, 0.25) is 0 Å². The molecule has 3 aromatic carbocycles. The summed E-state index contributed by atoms with van der Waals surface area (Å²) >= 11 is 1.73. The summed E-state index contributed by atoms with van der Waals surface area (Å²) in [6.45, 7) is 3.78. The molecule has 0 radical (unpaired) electrons. The van der Waals surface area contributed by atoms with Gasteiger partial charge in [0, 0.05) is 28.8 Å². The number of ether oxygens (including phenoxy) is 2. The van der Waals surface area contributed by atoms with Crippen molar-refractivity contribution in [3.8, 4) is 28.7 Å². The number of anilines is 1. The van der Waals surface area contributed by atoms with Gasteiger partial charge in [0.25, 0.3) is 0 Å². The summed E-state index contributed by atoms with van der Waals surface area (Å²) in [5.74, 6) is 2.23. The summed E-state index contributed by atoms with van der Waals surface area (Å²) in [7, 11) is 1.68. The average molecular weight is 461 g/mol. The lowest BCUT2D eigenvalue weighted by Crippen LogP contribution is -2.16. The Balaban J connectivity index is 1.65. The van der Waals surface area contributed by atoms with E-state index in [9.17, 15) is 0 Å². The van der Waals surface area contributed by atoms with Crippen LogP contribution in [0.3, 0.4) is 0 Å². The number of methoxy groups -OCH3 is 1. The predicted molar refractivity (Wildman–Crippen MR) is 138 cm³/mol. The number of nitriles is 1. The van der Waals surface area contributed by atoms with Crippen LogP contribution in [-0.2, 0) is 0 Å². The van der Waals surface area contributed by atoms with Crippen LogP contribution in [0.15, 0.2) is 71.6 Å². The summed E-state index contributed by atoms with van der Waals surface area (Å²) in [6, 6.07) is 24.2. The molecular weight excluding hydrogens is 428 g/mol. The van der Waals surface area contributed by atoms with Gasteiger partial charge in [-0.15, -0.1) is 11.8 Å². The largest absolute Gasteiger partial charge is 0.497 e. The second kappa shape index (κ2) is 12.8. The minimum absolute atomic E-state index is 0.476. The van der Waals surface area contributed by atoms with Crippen LogP contribution < -0.4 is 14.8 Å². The fourth-order valence-corrected chi connectivity index (χ4v) is 4.26. The van der Waals surface area contributed by atoms with E-state index in [4.69, 9.17) is 14.7 Å². The lowest BCUT2D eigenvalue weighted by molar-refractivity contribution is 0.233. The predicted octanol–water partition coefficient (Wildman–Crippen LogP) is 7.25. The first-order chi connectivity index (χ1) is 16.2. The number of hydrogen-bond donors (Lipinski definition) is 1. The summed E-state index contributed by atoms with van der Waals surface area (Å²) < 4.78 is 11.6. The van der Waals surface area contributed by atoms with Crippen LogP contribution >= 0.6 is 11.8 Å². The van der Waals surface area contributed by atoms with Crippen molar-refractivity contribution in [2.45, 2.75) is 31.1 Å². The highest BCUT2D eigenvalue weighted by molar-refractivity contribution is 7.98. The van der Waals surface area contributed by atoms with E-state index in [0.717, 1.165) is 54.1 Å². The molecule has 5 heteroatoms. The highest BCUT2D eigenvalue weighted by Gasteiger charge is 2.12. The van der Waals surface area contributed by atoms with Crippen molar-refractivity contribution in [3.63, 3.8) is 0 Å².